The van der Waals surface area contributed by atoms with Crippen LogP contribution >= 0.6 is 27.3 Å². The van der Waals surface area contributed by atoms with E-state index < -0.39 is 6.10 Å². The maximum absolute atomic E-state index is 10.9. The van der Waals surface area contributed by atoms with Gasteiger partial charge >= 0.3 is 5.97 Å². The zero-order valence-electron chi connectivity index (χ0n) is 10.3. The van der Waals surface area contributed by atoms with Gasteiger partial charge < -0.3 is 15.2 Å². The second-order valence-electron chi connectivity index (χ2n) is 3.95. The van der Waals surface area contributed by atoms with Gasteiger partial charge in [-0.2, -0.15) is 0 Å². The van der Waals surface area contributed by atoms with Crippen LogP contribution in [0.3, 0.4) is 0 Å². The summed E-state index contributed by atoms with van der Waals surface area (Å²) >= 11 is 5.13. The van der Waals surface area contributed by atoms with E-state index >= 15 is 0 Å². The van der Waals surface area contributed by atoms with Crippen molar-refractivity contribution in [2.45, 2.75) is 25.4 Å². The van der Waals surface area contributed by atoms with Crippen LogP contribution in [0.25, 0.3) is 0 Å². The van der Waals surface area contributed by atoms with Gasteiger partial charge in [0, 0.05) is 34.2 Å². The summed E-state index contributed by atoms with van der Waals surface area (Å²) in [5, 5.41) is 14.8. The molecular weight excluding hydrogens is 318 g/mol. The van der Waals surface area contributed by atoms with Crippen LogP contribution in [0.15, 0.2) is 15.9 Å². The van der Waals surface area contributed by atoms with E-state index in [0.29, 0.717) is 13.0 Å². The van der Waals surface area contributed by atoms with Crippen LogP contribution in [-0.4, -0.2) is 37.4 Å². The number of aliphatic hydroxyl groups is 1. The summed E-state index contributed by atoms with van der Waals surface area (Å²) in [6.07, 6.45) is 1.14. The molecule has 0 saturated heterocycles. The fourth-order valence-electron chi connectivity index (χ4n) is 1.45. The molecule has 4 nitrogen and oxygen atoms in total. The highest BCUT2D eigenvalue weighted by molar-refractivity contribution is 9.10. The van der Waals surface area contributed by atoms with Crippen molar-refractivity contribution in [2.24, 2.45) is 0 Å². The first-order valence-electron chi connectivity index (χ1n) is 5.80. The normalized spacial score (nSPS) is 12.4. The summed E-state index contributed by atoms with van der Waals surface area (Å²) in [5.74, 6) is -0.280. The first kappa shape index (κ1) is 15.6. The summed E-state index contributed by atoms with van der Waals surface area (Å²) in [6.45, 7) is 1.33. The Kier molecular flexibility index (Phi) is 7.50. The van der Waals surface area contributed by atoms with Gasteiger partial charge in [-0.1, -0.05) is 0 Å². The number of rotatable bonds is 8. The van der Waals surface area contributed by atoms with Crippen LogP contribution in [0.1, 0.15) is 17.7 Å². The molecule has 0 spiro atoms. The Morgan fingerprint density at radius 1 is 1.67 bits per heavy atom. The molecule has 0 aliphatic rings. The predicted octanol–water partition coefficient (Wildman–Crippen LogP) is 1.96. The van der Waals surface area contributed by atoms with E-state index in [1.807, 2.05) is 0 Å². The molecule has 1 aromatic heterocycles. The minimum absolute atomic E-state index is 0.261. The third-order valence-electron chi connectivity index (χ3n) is 2.46. The van der Waals surface area contributed by atoms with Gasteiger partial charge in [0.25, 0.3) is 0 Å². The van der Waals surface area contributed by atoms with E-state index in [1.165, 1.54) is 12.0 Å². The number of halogens is 1. The first-order valence-corrected chi connectivity index (χ1v) is 7.47. The molecule has 0 radical (unpaired) electrons. The molecule has 6 heteroatoms. The molecule has 1 atom stereocenters. The summed E-state index contributed by atoms with van der Waals surface area (Å²) in [5.41, 5.74) is 0. The number of hydrogen-bond donors (Lipinski definition) is 2. The Balaban J connectivity index is 2.05. The van der Waals surface area contributed by atoms with Crippen LogP contribution in [0.5, 0.6) is 0 Å². The SMILES string of the molecule is COC(=O)CCC(O)CNCCc1cc(Br)cs1. The highest BCUT2D eigenvalue weighted by Gasteiger charge is 2.07. The average Bonchev–Trinajstić information content (AvgIpc) is 2.77. The summed E-state index contributed by atoms with van der Waals surface area (Å²) in [6, 6.07) is 2.10. The van der Waals surface area contributed by atoms with Gasteiger partial charge in [-0.25, -0.2) is 0 Å². The number of carbonyl (C=O) groups excluding carboxylic acids is 1. The van der Waals surface area contributed by atoms with Crippen molar-refractivity contribution >= 4 is 33.2 Å². The zero-order valence-corrected chi connectivity index (χ0v) is 12.7. The number of nitrogens with one attached hydrogen (secondary N) is 1. The average molecular weight is 336 g/mol. The molecule has 1 unspecified atom stereocenters. The van der Waals surface area contributed by atoms with Crippen molar-refractivity contribution in [1.29, 1.82) is 0 Å². The van der Waals surface area contributed by atoms with Crippen LogP contribution in [0, 0.1) is 0 Å². The van der Waals surface area contributed by atoms with Gasteiger partial charge in [0.05, 0.1) is 13.2 Å². The lowest BCUT2D eigenvalue weighted by atomic mass is 10.2. The van der Waals surface area contributed by atoms with E-state index in [2.05, 4.69) is 37.4 Å². The maximum atomic E-state index is 10.9. The van der Waals surface area contributed by atoms with E-state index in [9.17, 15) is 9.90 Å². The molecule has 0 saturated carbocycles. The molecule has 0 amide bonds. The number of methoxy groups -OCH3 is 1. The summed E-state index contributed by atoms with van der Waals surface area (Å²) < 4.78 is 5.62. The molecule has 1 heterocycles. The molecule has 1 aromatic rings. The van der Waals surface area contributed by atoms with E-state index in [0.717, 1.165) is 17.4 Å². The maximum Gasteiger partial charge on any atom is 0.305 e. The summed E-state index contributed by atoms with van der Waals surface area (Å²) in [7, 11) is 1.35. The quantitative estimate of drug-likeness (QED) is 0.563. The molecule has 1 rings (SSSR count). The molecule has 0 aliphatic carbocycles. The Morgan fingerprint density at radius 2 is 2.44 bits per heavy atom. The monoisotopic (exact) mass is 335 g/mol. The lowest BCUT2D eigenvalue weighted by Crippen LogP contribution is -2.28. The molecule has 2 N–H and O–H groups in total. The Labute approximate surface area is 119 Å². The Hall–Kier alpha value is -0.430. The topological polar surface area (TPSA) is 58.6 Å². The first-order chi connectivity index (χ1) is 8.61. The van der Waals surface area contributed by atoms with Crippen molar-refractivity contribution in [3.8, 4) is 0 Å². The van der Waals surface area contributed by atoms with Crippen LogP contribution in [-0.2, 0) is 16.0 Å². The largest absolute Gasteiger partial charge is 0.469 e. The number of thiophene rings is 1. The molecule has 102 valence electrons. The van der Waals surface area contributed by atoms with Gasteiger partial charge in [0.1, 0.15) is 0 Å². The van der Waals surface area contributed by atoms with Crippen molar-refractivity contribution in [3.63, 3.8) is 0 Å². The minimum atomic E-state index is -0.501. The molecule has 0 bridgehead atoms. The van der Waals surface area contributed by atoms with Crippen molar-refractivity contribution in [3.05, 3.63) is 20.8 Å². The lowest BCUT2D eigenvalue weighted by molar-refractivity contribution is -0.141. The second kappa shape index (κ2) is 8.63. The fraction of sp³-hybridized carbons (Fsp3) is 0.583. The zero-order chi connectivity index (χ0) is 13.4. The highest BCUT2D eigenvalue weighted by Crippen LogP contribution is 2.19. The number of aliphatic hydroxyl groups excluding tert-OH is 1. The Bertz CT molecular complexity index is 370. The summed E-state index contributed by atoms with van der Waals surface area (Å²) in [4.78, 5) is 12.2. The molecule has 18 heavy (non-hydrogen) atoms. The standard InChI is InChI=1S/C12H18BrNO3S/c1-17-12(16)3-2-10(15)7-14-5-4-11-6-9(13)8-18-11/h6,8,10,14-15H,2-5,7H2,1H3. The van der Waals surface area contributed by atoms with Crippen molar-refractivity contribution < 1.29 is 14.6 Å². The molecule has 0 fully saturated rings. The predicted molar refractivity (Wildman–Crippen MR) is 75.8 cm³/mol. The van der Waals surface area contributed by atoms with Gasteiger partial charge in [0.15, 0.2) is 0 Å². The number of esters is 1. The molecule has 0 aromatic carbocycles. The van der Waals surface area contributed by atoms with Gasteiger partial charge in [-0.05, 0) is 34.8 Å². The fourth-order valence-corrected chi connectivity index (χ4v) is 2.91. The number of ether oxygens (including phenoxy) is 1. The molecular formula is C12H18BrNO3S. The van der Waals surface area contributed by atoms with Gasteiger partial charge in [-0.15, -0.1) is 11.3 Å². The molecule has 0 aliphatic heterocycles. The number of hydrogen-bond acceptors (Lipinski definition) is 5. The minimum Gasteiger partial charge on any atom is -0.469 e. The second-order valence-corrected chi connectivity index (χ2v) is 5.87. The van der Waals surface area contributed by atoms with Crippen molar-refractivity contribution in [1.82, 2.24) is 5.32 Å². The number of carbonyl (C=O) groups is 1. The van der Waals surface area contributed by atoms with Crippen LogP contribution < -0.4 is 5.32 Å². The van der Waals surface area contributed by atoms with E-state index in [4.69, 9.17) is 0 Å². The van der Waals surface area contributed by atoms with Gasteiger partial charge in [-0.3, -0.25) is 4.79 Å². The van der Waals surface area contributed by atoms with Crippen LogP contribution in [0.2, 0.25) is 0 Å². The van der Waals surface area contributed by atoms with Crippen molar-refractivity contribution in [2.75, 3.05) is 20.2 Å². The van der Waals surface area contributed by atoms with Gasteiger partial charge in [0.2, 0.25) is 0 Å². The third-order valence-corrected chi connectivity index (χ3v) is 4.22. The van der Waals surface area contributed by atoms with E-state index in [1.54, 1.807) is 11.3 Å². The van der Waals surface area contributed by atoms with E-state index in [-0.39, 0.29) is 12.4 Å². The Morgan fingerprint density at radius 3 is 3.06 bits per heavy atom. The smallest absolute Gasteiger partial charge is 0.305 e. The van der Waals surface area contributed by atoms with Crippen LogP contribution in [0.4, 0.5) is 0 Å². The third kappa shape index (κ3) is 6.49. The highest BCUT2D eigenvalue weighted by atomic mass is 79.9. The lowest BCUT2D eigenvalue weighted by Gasteiger charge is -2.10.